The average molecular weight is 315 g/mol. The molecule has 2 atom stereocenters. The Morgan fingerprint density at radius 3 is 2.48 bits per heavy atom. The summed E-state index contributed by atoms with van der Waals surface area (Å²) in [6.07, 6.45) is 6.41. The van der Waals surface area contributed by atoms with E-state index in [1.54, 1.807) is 24.3 Å². The van der Waals surface area contributed by atoms with E-state index in [9.17, 15) is 9.59 Å². The van der Waals surface area contributed by atoms with Gasteiger partial charge in [0.2, 0.25) is 0 Å². The van der Waals surface area contributed by atoms with Crippen molar-refractivity contribution in [2.75, 3.05) is 19.7 Å². The molecule has 0 bridgehead atoms. The van der Waals surface area contributed by atoms with E-state index in [0.29, 0.717) is 17.2 Å². The third-order valence-electron chi connectivity index (χ3n) is 5.27. The van der Waals surface area contributed by atoms with Gasteiger partial charge in [0.25, 0.3) is 5.91 Å². The van der Waals surface area contributed by atoms with E-state index in [0.717, 1.165) is 25.4 Å². The number of hydrogen-bond donors (Lipinski definition) is 0. The topological polar surface area (TPSA) is 46.6 Å². The maximum atomic E-state index is 12.4. The minimum Gasteiger partial charge on any atom is -0.484 e. The quantitative estimate of drug-likeness (QED) is 0.801. The van der Waals surface area contributed by atoms with Crippen LogP contribution in [0.15, 0.2) is 24.3 Å². The zero-order valence-corrected chi connectivity index (χ0v) is 13.8. The van der Waals surface area contributed by atoms with Crippen molar-refractivity contribution < 1.29 is 14.3 Å². The van der Waals surface area contributed by atoms with Crippen LogP contribution >= 0.6 is 0 Å². The highest BCUT2D eigenvalue weighted by Gasteiger charge is 2.32. The summed E-state index contributed by atoms with van der Waals surface area (Å²) in [4.78, 5) is 25.6. The van der Waals surface area contributed by atoms with Gasteiger partial charge in [0.15, 0.2) is 12.4 Å². The molecule has 0 aromatic heterocycles. The Labute approximate surface area is 137 Å². The van der Waals surface area contributed by atoms with Gasteiger partial charge in [0, 0.05) is 18.7 Å². The Balaban J connectivity index is 1.50. The van der Waals surface area contributed by atoms with Crippen LogP contribution in [0.3, 0.4) is 0 Å². The first-order valence-corrected chi connectivity index (χ1v) is 8.65. The lowest BCUT2D eigenvalue weighted by atomic mass is 9.75. The number of hydrogen-bond acceptors (Lipinski definition) is 3. The van der Waals surface area contributed by atoms with Gasteiger partial charge in [-0.2, -0.15) is 0 Å². The average Bonchev–Trinajstić information content (AvgIpc) is 2.59. The normalized spacial score (nSPS) is 24.0. The zero-order valence-electron chi connectivity index (χ0n) is 13.8. The molecule has 23 heavy (non-hydrogen) atoms. The maximum Gasteiger partial charge on any atom is 0.260 e. The fourth-order valence-corrected chi connectivity index (χ4v) is 3.85. The molecule has 1 saturated carbocycles. The molecule has 0 spiro atoms. The van der Waals surface area contributed by atoms with Crippen LogP contribution in [0.25, 0.3) is 0 Å². The number of ketones is 1. The van der Waals surface area contributed by atoms with Gasteiger partial charge in [-0.3, -0.25) is 9.59 Å². The van der Waals surface area contributed by atoms with Crippen LogP contribution in [0, 0.1) is 11.8 Å². The number of piperidine rings is 1. The molecule has 1 saturated heterocycles. The van der Waals surface area contributed by atoms with Crippen molar-refractivity contribution in [1.29, 1.82) is 0 Å². The third kappa shape index (κ3) is 3.92. The number of Topliss-reactive ketones (excluding diaryl/α,β-unsaturated/α-hetero) is 1. The lowest BCUT2D eigenvalue weighted by molar-refractivity contribution is -0.136. The van der Waals surface area contributed by atoms with Gasteiger partial charge in [-0.25, -0.2) is 0 Å². The molecule has 1 heterocycles. The van der Waals surface area contributed by atoms with E-state index in [1.165, 1.54) is 32.6 Å². The van der Waals surface area contributed by atoms with Crippen molar-refractivity contribution in [3.63, 3.8) is 0 Å². The van der Waals surface area contributed by atoms with E-state index in [-0.39, 0.29) is 18.3 Å². The number of nitrogens with zero attached hydrogens (tertiary/aromatic N) is 1. The van der Waals surface area contributed by atoms with Crippen molar-refractivity contribution in [1.82, 2.24) is 4.90 Å². The van der Waals surface area contributed by atoms with E-state index in [2.05, 4.69) is 0 Å². The number of carbonyl (C=O) groups excluding carboxylic acids is 2. The molecule has 1 aromatic rings. The van der Waals surface area contributed by atoms with Gasteiger partial charge in [-0.05, 0) is 55.9 Å². The van der Waals surface area contributed by atoms with Gasteiger partial charge in [0.05, 0.1) is 0 Å². The molecule has 4 nitrogen and oxygen atoms in total. The van der Waals surface area contributed by atoms with E-state index < -0.39 is 0 Å². The molecule has 1 aromatic carbocycles. The predicted molar refractivity (Wildman–Crippen MR) is 88.6 cm³/mol. The standard InChI is InChI=1S/C19H25NO3/c1-14(21)15-6-8-18(9-7-15)23-13-19(22)20-11-10-16-4-2-3-5-17(16)12-20/h6-9,16-17H,2-5,10-13H2,1H3/t16-,17+/m0/s1. The molecule has 4 heteroatoms. The Hall–Kier alpha value is -1.84. The minimum absolute atomic E-state index is 0.0305. The Kier molecular flexibility index (Phi) is 4.99. The molecule has 2 fully saturated rings. The summed E-state index contributed by atoms with van der Waals surface area (Å²) in [5, 5.41) is 0. The van der Waals surface area contributed by atoms with Gasteiger partial charge in [-0.1, -0.05) is 19.3 Å². The van der Waals surface area contributed by atoms with Crippen molar-refractivity contribution in [3.8, 4) is 5.75 Å². The summed E-state index contributed by atoms with van der Waals surface area (Å²) < 4.78 is 5.59. The van der Waals surface area contributed by atoms with Gasteiger partial charge in [-0.15, -0.1) is 0 Å². The fourth-order valence-electron chi connectivity index (χ4n) is 3.85. The maximum absolute atomic E-state index is 12.4. The van der Waals surface area contributed by atoms with E-state index in [4.69, 9.17) is 4.74 Å². The highest BCUT2D eigenvalue weighted by atomic mass is 16.5. The van der Waals surface area contributed by atoms with Crippen molar-refractivity contribution >= 4 is 11.7 Å². The molecular formula is C19H25NO3. The lowest BCUT2D eigenvalue weighted by Crippen LogP contribution is -2.46. The Morgan fingerprint density at radius 2 is 1.78 bits per heavy atom. The van der Waals surface area contributed by atoms with Crippen LogP contribution in [-0.4, -0.2) is 36.3 Å². The number of fused-ring (bicyclic) bond motifs is 1. The summed E-state index contributed by atoms with van der Waals surface area (Å²) in [5.41, 5.74) is 0.656. The largest absolute Gasteiger partial charge is 0.484 e. The van der Waals surface area contributed by atoms with Crippen molar-refractivity contribution in [3.05, 3.63) is 29.8 Å². The Morgan fingerprint density at radius 1 is 1.09 bits per heavy atom. The van der Waals surface area contributed by atoms with Crippen LogP contribution in [0.5, 0.6) is 5.75 Å². The van der Waals surface area contributed by atoms with Crippen LogP contribution < -0.4 is 4.74 Å². The van der Waals surface area contributed by atoms with Crippen molar-refractivity contribution in [2.24, 2.45) is 11.8 Å². The van der Waals surface area contributed by atoms with Crippen LogP contribution in [0.2, 0.25) is 0 Å². The van der Waals surface area contributed by atoms with Crippen LogP contribution in [0.4, 0.5) is 0 Å². The second-order valence-electron chi connectivity index (χ2n) is 6.80. The zero-order chi connectivity index (χ0) is 16.2. The molecule has 3 rings (SSSR count). The predicted octanol–water partition coefficient (Wildman–Crippen LogP) is 3.31. The summed E-state index contributed by atoms with van der Waals surface area (Å²) >= 11 is 0. The van der Waals surface area contributed by atoms with E-state index in [1.807, 2.05) is 4.90 Å². The molecule has 0 N–H and O–H groups in total. The first kappa shape index (κ1) is 16.0. The molecular weight excluding hydrogens is 290 g/mol. The molecule has 1 amide bonds. The number of benzene rings is 1. The number of ether oxygens (including phenoxy) is 1. The van der Waals surface area contributed by atoms with Gasteiger partial charge >= 0.3 is 0 Å². The first-order chi connectivity index (χ1) is 11.1. The highest BCUT2D eigenvalue weighted by Crippen LogP contribution is 2.36. The van der Waals surface area contributed by atoms with Crippen molar-refractivity contribution in [2.45, 2.75) is 39.0 Å². The molecule has 1 aliphatic carbocycles. The number of rotatable bonds is 4. The molecule has 0 radical (unpaired) electrons. The summed E-state index contributed by atoms with van der Waals surface area (Å²) in [5.74, 6) is 2.26. The number of likely N-dealkylation sites (tertiary alicyclic amines) is 1. The second kappa shape index (κ2) is 7.16. The highest BCUT2D eigenvalue weighted by molar-refractivity contribution is 5.94. The van der Waals surface area contributed by atoms with Crippen LogP contribution in [-0.2, 0) is 4.79 Å². The molecule has 124 valence electrons. The first-order valence-electron chi connectivity index (χ1n) is 8.65. The third-order valence-corrected chi connectivity index (χ3v) is 5.27. The lowest BCUT2D eigenvalue weighted by Gasteiger charge is -2.41. The SMILES string of the molecule is CC(=O)c1ccc(OCC(=O)N2CC[C@@H]3CCCC[C@@H]3C2)cc1. The summed E-state index contributed by atoms with van der Waals surface area (Å²) in [6, 6.07) is 6.96. The molecule has 0 unspecified atom stereocenters. The summed E-state index contributed by atoms with van der Waals surface area (Å²) in [7, 11) is 0. The Bertz CT molecular complexity index is 566. The summed E-state index contributed by atoms with van der Waals surface area (Å²) in [6.45, 7) is 3.38. The molecule has 2 aliphatic rings. The van der Waals surface area contributed by atoms with Gasteiger partial charge < -0.3 is 9.64 Å². The van der Waals surface area contributed by atoms with Gasteiger partial charge in [0.1, 0.15) is 5.75 Å². The van der Waals surface area contributed by atoms with E-state index >= 15 is 0 Å². The number of amides is 1. The minimum atomic E-state index is 0.0305. The van der Waals surface area contributed by atoms with Crippen LogP contribution in [0.1, 0.15) is 49.4 Å². The second-order valence-corrected chi connectivity index (χ2v) is 6.80. The fraction of sp³-hybridized carbons (Fsp3) is 0.579. The smallest absolute Gasteiger partial charge is 0.260 e. The number of carbonyl (C=O) groups is 2. The molecule has 1 aliphatic heterocycles. The monoisotopic (exact) mass is 315 g/mol.